The third-order valence-corrected chi connectivity index (χ3v) is 6.50. The summed E-state index contributed by atoms with van der Waals surface area (Å²) in [4.78, 5) is 7.45. The molecule has 0 unspecified atom stereocenters. The van der Waals surface area contributed by atoms with Crippen molar-refractivity contribution in [1.82, 2.24) is 14.5 Å². The van der Waals surface area contributed by atoms with E-state index >= 15 is 0 Å². The third-order valence-electron chi connectivity index (χ3n) is 6.50. The van der Waals surface area contributed by atoms with Crippen molar-refractivity contribution in [3.05, 3.63) is 102 Å². The van der Waals surface area contributed by atoms with E-state index in [1.807, 2.05) is 36.4 Å². The van der Waals surface area contributed by atoms with E-state index < -0.39 is 11.6 Å². The molecule has 1 aromatic heterocycles. The van der Waals surface area contributed by atoms with Gasteiger partial charge >= 0.3 is 0 Å². The zero-order valence-electron chi connectivity index (χ0n) is 21.3. The van der Waals surface area contributed by atoms with Gasteiger partial charge in [0.05, 0.1) is 11.4 Å². The van der Waals surface area contributed by atoms with Gasteiger partial charge in [-0.25, -0.2) is 13.8 Å². The van der Waals surface area contributed by atoms with Crippen LogP contribution >= 0.6 is 0 Å². The molecule has 0 saturated carbocycles. The van der Waals surface area contributed by atoms with Gasteiger partial charge in [-0.05, 0) is 25.5 Å². The molecule has 0 fully saturated rings. The average molecular weight is 488 g/mol. The van der Waals surface area contributed by atoms with Crippen LogP contribution in [0.5, 0.6) is 0 Å². The van der Waals surface area contributed by atoms with Crippen molar-refractivity contribution >= 4 is 0 Å². The summed E-state index contributed by atoms with van der Waals surface area (Å²) in [6.07, 6.45) is 4.16. The first-order valence-corrected chi connectivity index (χ1v) is 13.0. The molecule has 0 aliphatic rings. The van der Waals surface area contributed by atoms with Gasteiger partial charge in [0.2, 0.25) is 0 Å². The third kappa shape index (κ3) is 6.27. The van der Waals surface area contributed by atoms with Crippen LogP contribution in [-0.4, -0.2) is 21.0 Å². The lowest BCUT2D eigenvalue weighted by Gasteiger charge is -2.24. The number of rotatable bonds is 12. The number of hydrogen-bond acceptors (Lipinski definition) is 2. The molecule has 0 N–H and O–H groups in total. The normalized spacial score (nSPS) is 11.4. The van der Waals surface area contributed by atoms with Crippen LogP contribution in [0.3, 0.4) is 0 Å². The molecule has 0 aliphatic carbocycles. The van der Waals surface area contributed by atoms with Crippen LogP contribution in [0.1, 0.15) is 50.8 Å². The van der Waals surface area contributed by atoms with Crippen molar-refractivity contribution in [2.24, 2.45) is 0 Å². The summed E-state index contributed by atoms with van der Waals surface area (Å²) >= 11 is 0. The van der Waals surface area contributed by atoms with Crippen LogP contribution in [0.15, 0.2) is 78.9 Å². The molecule has 0 radical (unpaired) electrons. The summed E-state index contributed by atoms with van der Waals surface area (Å²) in [6.45, 7) is 7.08. The minimum atomic E-state index is -0.548. The van der Waals surface area contributed by atoms with Crippen LogP contribution in [0.4, 0.5) is 8.78 Å². The number of aromatic nitrogens is 2. The van der Waals surface area contributed by atoms with Gasteiger partial charge in [0.25, 0.3) is 0 Å². The quantitative estimate of drug-likeness (QED) is 0.201. The maximum atomic E-state index is 14.6. The molecule has 4 aromatic rings. The molecule has 0 atom stereocenters. The van der Waals surface area contributed by atoms with Crippen molar-refractivity contribution in [3.8, 4) is 22.6 Å². The molecular formula is C31H35F2N3. The minimum Gasteiger partial charge on any atom is -0.326 e. The van der Waals surface area contributed by atoms with Crippen molar-refractivity contribution in [3.63, 3.8) is 0 Å². The summed E-state index contributed by atoms with van der Waals surface area (Å²) < 4.78 is 30.5. The molecule has 0 bridgehead atoms. The van der Waals surface area contributed by atoms with Crippen LogP contribution < -0.4 is 0 Å². The van der Waals surface area contributed by atoms with Crippen molar-refractivity contribution in [1.29, 1.82) is 0 Å². The van der Waals surface area contributed by atoms with E-state index in [4.69, 9.17) is 4.98 Å². The van der Waals surface area contributed by atoms with E-state index in [1.54, 1.807) is 6.07 Å². The topological polar surface area (TPSA) is 21.1 Å². The van der Waals surface area contributed by atoms with Gasteiger partial charge in [0, 0.05) is 42.4 Å². The lowest BCUT2D eigenvalue weighted by molar-refractivity contribution is 0.243. The lowest BCUT2D eigenvalue weighted by atomic mass is 10.1. The molecule has 3 nitrogen and oxygen atoms in total. The summed E-state index contributed by atoms with van der Waals surface area (Å²) in [6, 6.07) is 24.5. The van der Waals surface area contributed by atoms with Gasteiger partial charge in [0.1, 0.15) is 17.5 Å². The Morgan fingerprint density at radius 1 is 0.778 bits per heavy atom. The largest absolute Gasteiger partial charge is 0.326 e. The second-order valence-electron chi connectivity index (χ2n) is 9.27. The molecular weight excluding hydrogens is 452 g/mol. The fourth-order valence-electron chi connectivity index (χ4n) is 4.54. The van der Waals surface area contributed by atoms with E-state index in [2.05, 4.69) is 47.6 Å². The molecule has 0 aliphatic heterocycles. The Kier molecular flexibility index (Phi) is 9.01. The van der Waals surface area contributed by atoms with Crippen LogP contribution in [-0.2, 0) is 19.6 Å². The first-order valence-electron chi connectivity index (χ1n) is 13.0. The minimum absolute atomic E-state index is 0.417. The maximum absolute atomic E-state index is 14.6. The Morgan fingerprint density at radius 2 is 1.44 bits per heavy atom. The average Bonchev–Trinajstić information content (AvgIpc) is 3.26. The van der Waals surface area contributed by atoms with Crippen molar-refractivity contribution < 1.29 is 8.78 Å². The predicted octanol–water partition coefficient (Wildman–Crippen LogP) is 8.10. The zero-order valence-corrected chi connectivity index (χ0v) is 21.3. The molecule has 3 aromatic carbocycles. The monoisotopic (exact) mass is 487 g/mol. The van der Waals surface area contributed by atoms with E-state index in [0.717, 1.165) is 73.2 Å². The van der Waals surface area contributed by atoms with Crippen molar-refractivity contribution in [2.45, 2.75) is 59.2 Å². The molecule has 0 spiro atoms. The standard InChI is InChI=1S/C31H35F2N3/c1-3-5-19-35(22-26-17-18-27(32)21-28(26)33)23-29-30(24-13-9-7-10-14-24)34-31(36(29)20-6-4-2)25-15-11-8-12-16-25/h7-18,21H,3-6,19-20,22-23H2,1-2H3. The number of unbranched alkanes of at least 4 members (excludes halogenated alkanes) is 2. The number of benzene rings is 3. The van der Waals surface area contributed by atoms with Gasteiger partial charge in [-0.2, -0.15) is 0 Å². The Morgan fingerprint density at radius 3 is 2.08 bits per heavy atom. The zero-order chi connectivity index (χ0) is 25.3. The second kappa shape index (κ2) is 12.6. The second-order valence-corrected chi connectivity index (χ2v) is 9.27. The number of halogens is 2. The van der Waals surface area contributed by atoms with Gasteiger partial charge < -0.3 is 4.57 Å². The first-order chi connectivity index (χ1) is 17.6. The summed E-state index contributed by atoms with van der Waals surface area (Å²) in [7, 11) is 0. The molecule has 36 heavy (non-hydrogen) atoms. The highest BCUT2D eigenvalue weighted by molar-refractivity contribution is 5.68. The highest BCUT2D eigenvalue weighted by Gasteiger charge is 2.22. The predicted molar refractivity (Wildman–Crippen MR) is 143 cm³/mol. The van der Waals surface area contributed by atoms with E-state index in [0.29, 0.717) is 18.7 Å². The molecule has 0 amide bonds. The van der Waals surface area contributed by atoms with Gasteiger partial charge in [0.15, 0.2) is 0 Å². The van der Waals surface area contributed by atoms with Gasteiger partial charge in [-0.3, -0.25) is 4.90 Å². The molecule has 4 rings (SSSR count). The number of hydrogen-bond donors (Lipinski definition) is 0. The summed E-state index contributed by atoms with van der Waals surface area (Å²) in [5, 5.41) is 0. The van der Waals surface area contributed by atoms with Crippen LogP contribution in [0.2, 0.25) is 0 Å². The van der Waals surface area contributed by atoms with E-state index in [-0.39, 0.29) is 0 Å². The van der Waals surface area contributed by atoms with Crippen LogP contribution in [0.25, 0.3) is 22.6 Å². The summed E-state index contributed by atoms with van der Waals surface area (Å²) in [5.41, 5.74) is 4.76. The van der Waals surface area contributed by atoms with E-state index in [1.165, 1.54) is 6.07 Å². The fourth-order valence-corrected chi connectivity index (χ4v) is 4.54. The molecule has 0 saturated heterocycles. The Bertz CT molecular complexity index is 1240. The molecule has 1 heterocycles. The Balaban J connectivity index is 1.80. The van der Waals surface area contributed by atoms with E-state index in [9.17, 15) is 8.78 Å². The van der Waals surface area contributed by atoms with Crippen LogP contribution in [0, 0.1) is 11.6 Å². The first kappa shape index (κ1) is 25.8. The Hall–Kier alpha value is -3.31. The van der Waals surface area contributed by atoms with Crippen molar-refractivity contribution in [2.75, 3.05) is 6.54 Å². The van der Waals surface area contributed by atoms with Gasteiger partial charge in [-0.1, -0.05) is 93.4 Å². The summed E-state index contributed by atoms with van der Waals surface area (Å²) in [5.74, 6) is -0.0848. The maximum Gasteiger partial charge on any atom is 0.140 e. The molecule has 188 valence electrons. The number of nitrogens with zero attached hydrogens (tertiary/aromatic N) is 3. The Labute approximate surface area is 213 Å². The molecule has 5 heteroatoms. The smallest absolute Gasteiger partial charge is 0.140 e. The lowest BCUT2D eigenvalue weighted by Crippen LogP contribution is -2.26. The highest BCUT2D eigenvalue weighted by atomic mass is 19.1. The highest BCUT2D eigenvalue weighted by Crippen LogP contribution is 2.31. The number of imidazole rings is 1. The fraction of sp³-hybridized carbons (Fsp3) is 0.323. The SMILES string of the molecule is CCCCN(Cc1ccc(F)cc1F)Cc1c(-c2ccccc2)nc(-c2ccccc2)n1CCCC. The van der Waals surface area contributed by atoms with Gasteiger partial charge in [-0.15, -0.1) is 0 Å².